The van der Waals surface area contributed by atoms with Crippen LogP contribution >= 0.6 is 15.9 Å². The van der Waals surface area contributed by atoms with E-state index in [0.29, 0.717) is 12.5 Å². The first-order valence-corrected chi connectivity index (χ1v) is 6.12. The second-order valence-corrected chi connectivity index (χ2v) is 4.70. The van der Waals surface area contributed by atoms with Gasteiger partial charge in [0.2, 0.25) is 5.88 Å². The van der Waals surface area contributed by atoms with Crippen molar-refractivity contribution in [1.82, 2.24) is 10.3 Å². The summed E-state index contributed by atoms with van der Waals surface area (Å²) in [5.41, 5.74) is 1.03. The van der Waals surface area contributed by atoms with Gasteiger partial charge in [0.15, 0.2) is 0 Å². The highest BCUT2D eigenvalue weighted by Gasteiger charge is 2.14. The number of halogens is 1. The number of hydrogen-bond donors (Lipinski definition) is 1. The molecule has 1 aliphatic heterocycles. The van der Waals surface area contributed by atoms with Crippen molar-refractivity contribution in [3.63, 3.8) is 0 Å². The maximum absolute atomic E-state index is 5.63. The van der Waals surface area contributed by atoms with Crippen LogP contribution in [0.2, 0.25) is 0 Å². The molecule has 1 unspecified atom stereocenters. The maximum Gasteiger partial charge on any atom is 0.216 e. The summed E-state index contributed by atoms with van der Waals surface area (Å²) in [5.74, 6) is 0.678. The summed E-state index contributed by atoms with van der Waals surface area (Å²) >= 11 is 3.37. The van der Waals surface area contributed by atoms with Gasteiger partial charge in [0.1, 0.15) is 12.7 Å². The Balaban J connectivity index is 1.88. The molecular formula is C11H15BrN2O2. The van der Waals surface area contributed by atoms with Gasteiger partial charge in [-0.3, -0.25) is 0 Å². The summed E-state index contributed by atoms with van der Waals surface area (Å²) in [6, 6.07) is 1.99. The van der Waals surface area contributed by atoms with E-state index in [1.54, 1.807) is 6.20 Å². The van der Waals surface area contributed by atoms with Gasteiger partial charge in [0, 0.05) is 29.3 Å². The average Bonchev–Trinajstić information content (AvgIpc) is 2.29. The van der Waals surface area contributed by atoms with Gasteiger partial charge in [-0.1, -0.05) is 0 Å². The van der Waals surface area contributed by atoms with E-state index in [4.69, 9.17) is 9.47 Å². The highest BCUT2D eigenvalue weighted by molar-refractivity contribution is 9.10. The summed E-state index contributed by atoms with van der Waals surface area (Å²) in [6.07, 6.45) is 1.86. The number of morpholine rings is 1. The van der Waals surface area contributed by atoms with Crippen LogP contribution in [0, 0.1) is 6.92 Å². The Labute approximate surface area is 103 Å². The van der Waals surface area contributed by atoms with Gasteiger partial charge in [0.25, 0.3) is 0 Å². The van der Waals surface area contributed by atoms with E-state index >= 15 is 0 Å². The lowest BCUT2D eigenvalue weighted by atomic mass is 10.3. The van der Waals surface area contributed by atoms with Crippen molar-refractivity contribution < 1.29 is 9.47 Å². The molecule has 0 saturated carbocycles. The third-order valence-corrected chi connectivity index (χ3v) is 2.84. The topological polar surface area (TPSA) is 43.4 Å². The summed E-state index contributed by atoms with van der Waals surface area (Å²) in [6.45, 7) is 5.04. The first-order chi connectivity index (χ1) is 7.75. The van der Waals surface area contributed by atoms with Gasteiger partial charge in [-0.25, -0.2) is 4.98 Å². The van der Waals surface area contributed by atoms with E-state index < -0.39 is 0 Å². The van der Waals surface area contributed by atoms with E-state index in [2.05, 4.69) is 26.2 Å². The predicted molar refractivity (Wildman–Crippen MR) is 64.8 cm³/mol. The average molecular weight is 287 g/mol. The Morgan fingerprint density at radius 3 is 3.25 bits per heavy atom. The minimum Gasteiger partial charge on any atom is -0.475 e. The molecule has 2 heterocycles. The van der Waals surface area contributed by atoms with Crippen molar-refractivity contribution in [2.24, 2.45) is 0 Å². The Hall–Kier alpha value is -0.650. The van der Waals surface area contributed by atoms with Gasteiger partial charge in [-0.05, 0) is 28.9 Å². The van der Waals surface area contributed by atoms with Gasteiger partial charge in [-0.2, -0.15) is 0 Å². The second-order valence-electron chi connectivity index (χ2n) is 3.78. The van der Waals surface area contributed by atoms with E-state index in [0.717, 1.165) is 29.7 Å². The van der Waals surface area contributed by atoms with Crippen molar-refractivity contribution in [3.8, 4) is 5.88 Å². The van der Waals surface area contributed by atoms with Crippen LogP contribution in [0.25, 0.3) is 0 Å². The van der Waals surface area contributed by atoms with Gasteiger partial charge in [-0.15, -0.1) is 0 Å². The Kier molecular flexibility index (Phi) is 4.15. The number of nitrogens with zero attached hydrogens (tertiary/aromatic N) is 1. The summed E-state index contributed by atoms with van der Waals surface area (Å²) in [4.78, 5) is 4.22. The molecule has 1 aliphatic rings. The summed E-state index contributed by atoms with van der Waals surface area (Å²) in [7, 11) is 0. The lowest BCUT2D eigenvalue weighted by Crippen LogP contribution is -2.41. The largest absolute Gasteiger partial charge is 0.475 e. The number of aromatic nitrogens is 1. The van der Waals surface area contributed by atoms with Crippen molar-refractivity contribution in [2.75, 3.05) is 26.3 Å². The van der Waals surface area contributed by atoms with Crippen molar-refractivity contribution in [2.45, 2.75) is 13.0 Å². The van der Waals surface area contributed by atoms with Gasteiger partial charge in [0.05, 0.1) is 6.61 Å². The molecule has 88 valence electrons. The smallest absolute Gasteiger partial charge is 0.216 e. The van der Waals surface area contributed by atoms with Crippen LogP contribution in [0.4, 0.5) is 0 Å². The van der Waals surface area contributed by atoms with Crippen LogP contribution in [0.5, 0.6) is 5.88 Å². The monoisotopic (exact) mass is 286 g/mol. The van der Waals surface area contributed by atoms with Crippen LogP contribution in [0.3, 0.4) is 0 Å². The number of pyridine rings is 1. The van der Waals surface area contributed by atoms with Crippen LogP contribution in [0.1, 0.15) is 5.56 Å². The van der Waals surface area contributed by atoms with Crippen LogP contribution in [-0.4, -0.2) is 37.4 Å². The molecule has 2 rings (SSSR count). The van der Waals surface area contributed by atoms with E-state index in [1.807, 2.05) is 13.0 Å². The third kappa shape index (κ3) is 3.17. The summed E-state index contributed by atoms with van der Waals surface area (Å²) < 4.78 is 12.1. The number of hydrogen-bond acceptors (Lipinski definition) is 4. The molecule has 0 radical (unpaired) electrons. The molecule has 1 N–H and O–H groups in total. The number of rotatable bonds is 3. The molecule has 1 atom stereocenters. The van der Waals surface area contributed by atoms with Crippen molar-refractivity contribution in [1.29, 1.82) is 0 Å². The van der Waals surface area contributed by atoms with Crippen LogP contribution in [0.15, 0.2) is 16.7 Å². The van der Waals surface area contributed by atoms with E-state index in [1.165, 1.54) is 0 Å². The maximum atomic E-state index is 5.63. The van der Waals surface area contributed by atoms with Crippen LogP contribution in [-0.2, 0) is 4.74 Å². The Morgan fingerprint density at radius 1 is 1.69 bits per heavy atom. The minimum atomic E-state index is 0.124. The molecule has 4 nitrogen and oxygen atoms in total. The molecule has 1 aromatic heterocycles. The normalized spacial score (nSPS) is 20.8. The first kappa shape index (κ1) is 11.8. The molecule has 0 amide bonds. The molecule has 0 aliphatic carbocycles. The molecule has 1 fully saturated rings. The fourth-order valence-corrected chi connectivity index (χ4v) is 2.02. The highest BCUT2D eigenvalue weighted by Crippen LogP contribution is 2.18. The van der Waals surface area contributed by atoms with Crippen LogP contribution < -0.4 is 10.1 Å². The zero-order valence-corrected chi connectivity index (χ0v) is 10.8. The minimum absolute atomic E-state index is 0.124. The molecule has 1 aromatic rings. The molecule has 16 heavy (non-hydrogen) atoms. The van der Waals surface area contributed by atoms with Gasteiger partial charge >= 0.3 is 0 Å². The van der Waals surface area contributed by atoms with Crippen molar-refractivity contribution in [3.05, 3.63) is 22.3 Å². The lowest BCUT2D eigenvalue weighted by Gasteiger charge is -2.23. The predicted octanol–water partition coefficient (Wildman–Crippen LogP) is 1.52. The fraction of sp³-hybridized carbons (Fsp3) is 0.545. The lowest BCUT2D eigenvalue weighted by molar-refractivity contribution is -0.000888. The first-order valence-electron chi connectivity index (χ1n) is 5.33. The molecule has 0 bridgehead atoms. The molecule has 1 saturated heterocycles. The Bertz CT molecular complexity index is 354. The number of ether oxygens (including phenoxy) is 2. The molecule has 0 spiro atoms. The quantitative estimate of drug-likeness (QED) is 0.915. The van der Waals surface area contributed by atoms with Gasteiger partial charge < -0.3 is 14.8 Å². The number of aryl methyl sites for hydroxylation is 1. The standard InChI is InChI=1S/C11H15BrN2O2/c1-8-4-9(12)5-14-11(8)16-7-10-6-13-2-3-15-10/h4-5,10,13H,2-3,6-7H2,1H3. The highest BCUT2D eigenvalue weighted by atomic mass is 79.9. The SMILES string of the molecule is Cc1cc(Br)cnc1OCC1CNCCO1. The molecule has 0 aromatic carbocycles. The van der Waals surface area contributed by atoms with E-state index in [9.17, 15) is 0 Å². The number of nitrogens with one attached hydrogen (secondary N) is 1. The third-order valence-electron chi connectivity index (χ3n) is 2.41. The second kappa shape index (κ2) is 5.61. The zero-order chi connectivity index (χ0) is 11.4. The van der Waals surface area contributed by atoms with E-state index in [-0.39, 0.29) is 6.10 Å². The Morgan fingerprint density at radius 2 is 2.56 bits per heavy atom. The summed E-state index contributed by atoms with van der Waals surface area (Å²) in [5, 5.41) is 3.26. The molecular weight excluding hydrogens is 272 g/mol. The fourth-order valence-electron chi connectivity index (χ4n) is 1.58. The zero-order valence-electron chi connectivity index (χ0n) is 9.20. The van der Waals surface area contributed by atoms with Crippen molar-refractivity contribution >= 4 is 15.9 Å². The molecule has 5 heteroatoms.